The molecule has 0 saturated carbocycles. The maximum absolute atomic E-state index is 13.5. The van der Waals surface area contributed by atoms with Crippen LogP contribution in [0.1, 0.15) is 17.2 Å². The molecule has 21 heavy (non-hydrogen) atoms. The molecule has 0 aliphatic heterocycles. The van der Waals surface area contributed by atoms with Crippen molar-refractivity contribution in [1.82, 2.24) is 10.4 Å². The maximum atomic E-state index is 13.5. The van der Waals surface area contributed by atoms with E-state index in [4.69, 9.17) is 17.4 Å². The highest BCUT2D eigenvalue weighted by Gasteiger charge is 2.19. The maximum Gasteiger partial charge on any atom is 0.123 e. The lowest BCUT2D eigenvalue weighted by atomic mass is 9.96. The number of nitrogens with two attached hydrogens (primary N) is 1. The van der Waals surface area contributed by atoms with E-state index in [2.05, 4.69) is 10.4 Å². The number of halogens is 2. The van der Waals surface area contributed by atoms with Gasteiger partial charge in [0, 0.05) is 22.2 Å². The van der Waals surface area contributed by atoms with Crippen LogP contribution in [0.2, 0.25) is 5.02 Å². The highest BCUT2D eigenvalue weighted by molar-refractivity contribution is 6.31. The van der Waals surface area contributed by atoms with Gasteiger partial charge in [0.05, 0.1) is 11.6 Å². The number of hydrogen-bond donors (Lipinski definition) is 2. The first-order valence-electron chi connectivity index (χ1n) is 6.45. The molecule has 1 unspecified atom stereocenters. The van der Waals surface area contributed by atoms with Crippen molar-refractivity contribution in [3.8, 4) is 0 Å². The Kier molecular flexibility index (Phi) is 3.84. The fourth-order valence-corrected chi connectivity index (χ4v) is 2.67. The predicted molar refractivity (Wildman–Crippen MR) is 82.3 cm³/mol. The van der Waals surface area contributed by atoms with E-state index in [-0.39, 0.29) is 5.82 Å². The molecule has 3 N–H and O–H groups in total. The monoisotopic (exact) mass is 301 g/mol. The summed E-state index contributed by atoms with van der Waals surface area (Å²) in [5.41, 5.74) is 4.94. The lowest BCUT2D eigenvalue weighted by Gasteiger charge is -2.19. The molecular weight excluding hydrogens is 289 g/mol. The van der Waals surface area contributed by atoms with Crippen LogP contribution in [0.25, 0.3) is 10.9 Å². The van der Waals surface area contributed by atoms with E-state index in [9.17, 15) is 4.39 Å². The first-order chi connectivity index (χ1) is 10.2. The highest BCUT2D eigenvalue weighted by atomic mass is 35.5. The summed E-state index contributed by atoms with van der Waals surface area (Å²) < 4.78 is 13.5. The van der Waals surface area contributed by atoms with Gasteiger partial charge in [-0.2, -0.15) is 0 Å². The van der Waals surface area contributed by atoms with E-state index in [1.54, 1.807) is 6.20 Å². The molecule has 0 fully saturated rings. The zero-order valence-electron chi connectivity index (χ0n) is 11.1. The Hall–Kier alpha value is -2.01. The highest BCUT2D eigenvalue weighted by Crippen LogP contribution is 2.31. The van der Waals surface area contributed by atoms with Crippen molar-refractivity contribution in [3.05, 3.63) is 76.7 Å². The van der Waals surface area contributed by atoms with E-state index in [0.29, 0.717) is 10.6 Å². The number of hydrogen-bond acceptors (Lipinski definition) is 3. The van der Waals surface area contributed by atoms with Gasteiger partial charge in [0.25, 0.3) is 0 Å². The Morgan fingerprint density at radius 2 is 1.90 bits per heavy atom. The molecule has 1 heterocycles. The van der Waals surface area contributed by atoms with Crippen LogP contribution < -0.4 is 11.3 Å². The van der Waals surface area contributed by atoms with Gasteiger partial charge < -0.3 is 0 Å². The average Bonchev–Trinajstić information content (AvgIpc) is 2.51. The summed E-state index contributed by atoms with van der Waals surface area (Å²) in [4.78, 5) is 4.40. The number of nitrogens with zero attached hydrogens (tertiary/aromatic N) is 1. The molecule has 0 radical (unpaired) electrons. The molecule has 3 nitrogen and oxygen atoms in total. The summed E-state index contributed by atoms with van der Waals surface area (Å²) in [6.07, 6.45) is 1.71. The fourth-order valence-electron chi connectivity index (χ4n) is 2.44. The van der Waals surface area contributed by atoms with Crippen LogP contribution in [-0.2, 0) is 0 Å². The van der Waals surface area contributed by atoms with Crippen LogP contribution in [0.15, 0.2) is 54.7 Å². The van der Waals surface area contributed by atoms with Crippen molar-refractivity contribution in [2.75, 3.05) is 0 Å². The minimum atomic E-state index is -0.438. The summed E-state index contributed by atoms with van der Waals surface area (Å²) in [5.74, 6) is 5.33. The number of benzene rings is 2. The molecule has 0 saturated heterocycles. The summed E-state index contributed by atoms with van der Waals surface area (Å²) in [7, 11) is 0. The van der Waals surface area contributed by atoms with Gasteiger partial charge in [-0.05, 0) is 29.8 Å². The standard InChI is InChI=1S/C16H13ClFN3/c17-14-7-6-11(18)9-13(14)16(21-19)12-5-1-3-10-4-2-8-20-15(10)12/h1-9,16,21H,19H2. The summed E-state index contributed by atoms with van der Waals surface area (Å²) in [6, 6.07) is 13.4. The Morgan fingerprint density at radius 3 is 2.71 bits per heavy atom. The molecule has 0 spiro atoms. The molecular formula is C16H13ClFN3. The topological polar surface area (TPSA) is 50.9 Å². The van der Waals surface area contributed by atoms with Gasteiger partial charge in [0.1, 0.15) is 5.82 Å². The van der Waals surface area contributed by atoms with Gasteiger partial charge in [-0.3, -0.25) is 10.8 Å². The average molecular weight is 302 g/mol. The lowest BCUT2D eigenvalue weighted by Crippen LogP contribution is -2.29. The number of pyridine rings is 1. The Bertz CT molecular complexity index is 786. The SMILES string of the molecule is NNC(c1cc(F)ccc1Cl)c1cccc2cccnc12. The van der Waals surface area contributed by atoms with Gasteiger partial charge in [0.2, 0.25) is 0 Å². The van der Waals surface area contributed by atoms with Gasteiger partial charge in [0.15, 0.2) is 0 Å². The van der Waals surface area contributed by atoms with Crippen LogP contribution in [-0.4, -0.2) is 4.98 Å². The van der Waals surface area contributed by atoms with Crippen molar-refractivity contribution in [3.63, 3.8) is 0 Å². The van der Waals surface area contributed by atoms with Crippen molar-refractivity contribution in [2.45, 2.75) is 6.04 Å². The van der Waals surface area contributed by atoms with Crippen LogP contribution in [0.5, 0.6) is 0 Å². The number of rotatable bonds is 3. The van der Waals surface area contributed by atoms with Crippen LogP contribution >= 0.6 is 11.6 Å². The molecule has 0 bridgehead atoms. The molecule has 106 valence electrons. The summed E-state index contributed by atoms with van der Waals surface area (Å²) in [5, 5.41) is 1.44. The second kappa shape index (κ2) is 5.77. The summed E-state index contributed by atoms with van der Waals surface area (Å²) >= 11 is 6.19. The normalized spacial score (nSPS) is 12.5. The molecule has 1 aromatic heterocycles. The number of hydrazine groups is 1. The lowest BCUT2D eigenvalue weighted by molar-refractivity contribution is 0.606. The number of nitrogens with one attached hydrogen (secondary N) is 1. The number of para-hydroxylation sites is 1. The molecule has 1 atom stereocenters. The van der Waals surface area contributed by atoms with Crippen LogP contribution in [0.3, 0.4) is 0 Å². The van der Waals surface area contributed by atoms with E-state index in [0.717, 1.165) is 16.5 Å². The predicted octanol–water partition coefficient (Wildman–Crippen LogP) is 3.58. The zero-order chi connectivity index (χ0) is 14.8. The Morgan fingerprint density at radius 1 is 1.10 bits per heavy atom. The molecule has 0 aliphatic rings. The molecule has 2 aromatic carbocycles. The van der Waals surface area contributed by atoms with Crippen molar-refractivity contribution in [2.24, 2.45) is 5.84 Å². The molecule has 0 amide bonds. The van der Waals surface area contributed by atoms with E-state index in [1.807, 2.05) is 30.3 Å². The Labute approximate surface area is 126 Å². The van der Waals surface area contributed by atoms with Crippen molar-refractivity contribution < 1.29 is 4.39 Å². The van der Waals surface area contributed by atoms with E-state index in [1.165, 1.54) is 18.2 Å². The third kappa shape index (κ3) is 2.61. The molecule has 0 aliphatic carbocycles. The van der Waals surface area contributed by atoms with Crippen molar-refractivity contribution >= 4 is 22.5 Å². The van der Waals surface area contributed by atoms with Gasteiger partial charge >= 0.3 is 0 Å². The van der Waals surface area contributed by atoms with Gasteiger partial charge in [-0.15, -0.1) is 0 Å². The second-order valence-electron chi connectivity index (χ2n) is 4.69. The first-order valence-corrected chi connectivity index (χ1v) is 6.83. The minimum Gasteiger partial charge on any atom is -0.271 e. The van der Waals surface area contributed by atoms with Crippen molar-refractivity contribution in [1.29, 1.82) is 0 Å². The van der Waals surface area contributed by atoms with Gasteiger partial charge in [-0.1, -0.05) is 35.9 Å². The quantitative estimate of drug-likeness (QED) is 0.574. The third-order valence-corrected chi connectivity index (χ3v) is 3.75. The van der Waals surface area contributed by atoms with Crippen LogP contribution in [0.4, 0.5) is 4.39 Å². The number of aromatic nitrogens is 1. The van der Waals surface area contributed by atoms with Gasteiger partial charge in [-0.25, -0.2) is 9.82 Å². The first kappa shape index (κ1) is 13.9. The summed E-state index contributed by atoms with van der Waals surface area (Å²) in [6.45, 7) is 0. The fraction of sp³-hybridized carbons (Fsp3) is 0.0625. The smallest absolute Gasteiger partial charge is 0.123 e. The second-order valence-corrected chi connectivity index (χ2v) is 5.10. The molecule has 5 heteroatoms. The zero-order valence-corrected chi connectivity index (χ0v) is 11.8. The Balaban J connectivity index is 2.21. The van der Waals surface area contributed by atoms with E-state index < -0.39 is 6.04 Å². The molecule has 3 aromatic rings. The third-order valence-electron chi connectivity index (χ3n) is 3.41. The number of fused-ring (bicyclic) bond motifs is 1. The largest absolute Gasteiger partial charge is 0.271 e. The minimum absolute atomic E-state index is 0.358. The van der Waals surface area contributed by atoms with E-state index >= 15 is 0 Å². The van der Waals surface area contributed by atoms with Crippen LogP contribution in [0, 0.1) is 5.82 Å². The molecule has 3 rings (SSSR count).